The van der Waals surface area contributed by atoms with Crippen LogP contribution in [-0.2, 0) is 16.0 Å². The van der Waals surface area contributed by atoms with Crippen LogP contribution in [0.3, 0.4) is 0 Å². The van der Waals surface area contributed by atoms with Gasteiger partial charge in [0, 0.05) is 27.6 Å². The summed E-state index contributed by atoms with van der Waals surface area (Å²) in [5.74, 6) is -0.394. The van der Waals surface area contributed by atoms with Crippen molar-refractivity contribution in [3.63, 3.8) is 0 Å². The molecule has 7 heteroatoms. The van der Waals surface area contributed by atoms with Crippen LogP contribution in [0.5, 0.6) is 0 Å². The summed E-state index contributed by atoms with van der Waals surface area (Å²) in [4.78, 5) is 24.0. The second kappa shape index (κ2) is 12.5. The Labute approximate surface area is 186 Å². The summed E-state index contributed by atoms with van der Waals surface area (Å²) in [6.45, 7) is 0. The van der Waals surface area contributed by atoms with Crippen LogP contribution in [0.15, 0.2) is 40.2 Å². The maximum absolute atomic E-state index is 12.3. The van der Waals surface area contributed by atoms with Gasteiger partial charge in [-0.05, 0) is 77.9 Å². The number of carboxylic acid groups (broad SMARTS) is 1. The Bertz CT molecular complexity index is 730. The van der Waals surface area contributed by atoms with E-state index in [2.05, 4.69) is 15.9 Å². The second-order valence-electron chi connectivity index (χ2n) is 7.59. The maximum atomic E-state index is 12.3. The minimum Gasteiger partial charge on any atom is -0.481 e. The van der Waals surface area contributed by atoms with Crippen molar-refractivity contribution in [3.8, 4) is 0 Å². The van der Waals surface area contributed by atoms with Gasteiger partial charge in [-0.1, -0.05) is 24.5 Å². The second-order valence-corrected chi connectivity index (χ2v) is 9.50. The number of aliphatic hydroxyl groups excluding tert-OH is 1. The summed E-state index contributed by atoms with van der Waals surface area (Å²) >= 11 is 5.07. The van der Waals surface area contributed by atoms with Gasteiger partial charge in [-0.15, -0.1) is 11.3 Å². The fraction of sp³-hybridized carbons (Fsp3) is 0.545. The fourth-order valence-corrected chi connectivity index (χ4v) is 5.35. The monoisotopic (exact) mass is 478 g/mol. The van der Waals surface area contributed by atoms with Gasteiger partial charge < -0.3 is 10.2 Å². The van der Waals surface area contributed by atoms with E-state index in [4.69, 9.17) is 13.0 Å². The van der Waals surface area contributed by atoms with Gasteiger partial charge in [0.25, 0.3) is 0 Å². The van der Waals surface area contributed by atoms with Crippen LogP contribution in [0.2, 0.25) is 6.32 Å². The molecule has 1 heterocycles. The smallest absolute Gasteiger partial charge is 0.303 e. The van der Waals surface area contributed by atoms with Gasteiger partial charge in [0.2, 0.25) is 0 Å². The number of allylic oxidation sites excluding steroid dienone is 4. The molecule has 0 aromatic carbocycles. The summed E-state index contributed by atoms with van der Waals surface area (Å²) in [6, 6.07) is 2.04. The van der Waals surface area contributed by atoms with E-state index in [-0.39, 0.29) is 30.0 Å². The van der Waals surface area contributed by atoms with E-state index < -0.39 is 12.1 Å². The Hall–Kier alpha value is -1.18. The van der Waals surface area contributed by atoms with Crippen LogP contribution in [-0.4, -0.2) is 35.9 Å². The lowest BCUT2D eigenvalue weighted by Crippen LogP contribution is -2.18. The molecule has 4 atom stereocenters. The van der Waals surface area contributed by atoms with Crippen molar-refractivity contribution in [2.45, 2.75) is 57.4 Å². The Morgan fingerprint density at radius 2 is 2.10 bits per heavy atom. The van der Waals surface area contributed by atoms with Gasteiger partial charge >= 0.3 is 5.97 Å². The first-order chi connectivity index (χ1) is 13.9. The molecule has 156 valence electrons. The Balaban J connectivity index is 1.87. The van der Waals surface area contributed by atoms with Crippen molar-refractivity contribution in [3.05, 3.63) is 45.1 Å². The number of unbranched alkanes of at least 4 members (excludes halogenated alkanes) is 1. The first-order valence-electron chi connectivity index (χ1n) is 10.1. The van der Waals surface area contributed by atoms with Gasteiger partial charge in [-0.3, -0.25) is 9.59 Å². The number of thiophene rings is 1. The third-order valence-electron chi connectivity index (χ3n) is 5.46. The van der Waals surface area contributed by atoms with Gasteiger partial charge in [0.15, 0.2) is 5.78 Å². The standard InChI is InChI=1S/C22H28BBrO4S/c23-13-15-11-21(26)20(5-3-1-2-4-6-22(27)28)19(15)10-8-17(25)7-9-18-12-16(24)14-29-18/h1,3,8,10,12,14-15,19-21,26H,2,4-7,9,11,13H2,(H,27,28)/b3-1-,10-8+/t15-,19-,20+,21?/m0/s1. The van der Waals surface area contributed by atoms with Crippen LogP contribution in [0, 0.1) is 17.8 Å². The van der Waals surface area contributed by atoms with Crippen LogP contribution < -0.4 is 0 Å². The van der Waals surface area contributed by atoms with E-state index in [9.17, 15) is 14.7 Å². The lowest BCUT2D eigenvalue weighted by molar-refractivity contribution is -0.137. The highest BCUT2D eigenvalue weighted by Gasteiger charge is 2.39. The number of ketones is 1. The molecule has 0 amide bonds. The SMILES string of the molecule is [B]C[C@@H]1CC(O)[C@H](C/C=C\CCCC(=O)O)[C@H]1/C=C/C(=O)CCc1cc(Br)cs1. The van der Waals surface area contributed by atoms with E-state index in [1.54, 1.807) is 17.4 Å². The maximum Gasteiger partial charge on any atom is 0.303 e. The fourth-order valence-electron chi connectivity index (χ4n) is 3.89. The molecule has 0 aliphatic heterocycles. The molecule has 4 nitrogen and oxygen atoms in total. The number of halogens is 1. The van der Waals surface area contributed by atoms with Gasteiger partial charge in [0.1, 0.15) is 0 Å². The first kappa shape index (κ1) is 24.1. The summed E-state index contributed by atoms with van der Waals surface area (Å²) in [5.41, 5.74) is 0. The van der Waals surface area contributed by atoms with Gasteiger partial charge in [-0.2, -0.15) is 0 Å². The van der Waals surface area contributed by atoms with Gasteiger partial charge in [0.05, 0.1) is 14.0 Å². The zero-order chi connectivity index (χ0) is 21.2. The Morgan fingerprint density at radius 1 is 1.31 bits per heavy atom. The summed E-state index contributed by atoms with van der Waals surface area (Å²) in [5, 5.41) is 21.2. The van der Waals surface area contributed by atoms with Crippen LogP contribution >= 0.6 is 27.3 Å². The number of carbonyl (C=O) groups is 2. The molecular weight excluding hydrogens is 451 g/mol. The average Bonchev–Trinajstić information content (AvgIpc) is 3.23. The number of carbonyl (C=O) groups excluding carboxylic acids is 1. The summed E-state index contributed by atoms with van der Waals surface area (Å²) < 4.78 is 1.05. The highest BCUT2D eigenvalue weighted by molar-refractivity contribution is 9.10. The van der Waals surface area contributed by atoms with Crippen molar-refractivity contribution < 1.29 is 19.8 Å². The number of carboxylic acids is 1. The number of aliphatic hydroxyl groups is 1. The van der Waals surface area contributed by atoms with Crippen molar-refractivity contribution in [1.82, 2.24) is 0 Å². The third kappa shape index (κ3) is 8.23. The molecule has 1 unspecified atom stereocenters. The van der Waals surface area contributed by atoms with Crippen LogP contribution in [0.25, 0.3) is 0 Å². The largest absolute Gasteiger partial charge is 0.481 e. The first-order valence-corrected chi connectivity index (χ1v) is 11.8. The lowest BCUT2D eigenvalue weighted by Gasteiger charge is -2.21. The molecule has 1 aromatic rings. The summed E-state index contributed by atoms with van der Waals surface area (Å²) in [6.07, 6.45) is 11.7. The molecule has 1 aliphatic carbocycles. The molecule has 29 heavy (non-hydrogen) atoms. The molecule has 1 aliphatic rings. The van der Waals surface area contributed by atoms with Crippen molar-refractivity contribution in [1.29, 1.82) is 0 Å². The molecule has 1 fully saturated rings. The quantitative estimate of drug-likeness (QED) is 0.192. The van der Waals surface area contributed by atoms with Crippen molar-refractivity contribution in [2.75, 3.05) is 0 Å². The van der Waals surface area contributed by atoms with E-state index in [1.165, 1.54) is 4.88 Å². The minimum absolute atomic E-state index is 0.0385. The molecule has 0 saturated heterocycles. The number of aliphatic carboxylic acids is 1. The average molecular weight is 479 g/mol. The number of rotatable bonds is 12. The van der Waals surface area contributed by atoms with Crippen molar-refractivity contribution in [2.24, 2.45) is 17.8 Å². The lowest BCUT2D eigenvalue weighted by atomic mass is 9.80. The van der Waals surface area contributed by atoms with E-state index in [1.807, 2.05) is 29.7 Å². The van der Waals surface area contributed by atoms with Crippen molar-refractivity contribution >= 4 is 46.9 Å². The number of hydrogen-bond acceptors (Lipinski definition) is 4. The zero-order valence-corrected chi connectivity index (χ0v) is 18.9. The predicted octanol–water partition coefficient (Wildman–Crippen LogP) is 4.97. The molecule has 2 rings (SSSR count). The van der Waals surface area contributed by atoms with Crippen LogP contribution in [0.4, 0.5) is 0 Å². The molecule has 2 radical (unpaired) electrons. The number of hydrogen-bond donors (Lipinski definition) is 2. The Kier molecular flexibility index (Phi) is 10.4. The highest BCUT2D eigenvalue weighted by atomic mass is 79.9. The predicted molar refractivity (Wildman–Crippen MR) is 121 cm³/mol. The minimum atomic E-state index is -0.781. The van der Waals surface area contributed by atoms with E-state index in [0.29, 0.717) is 38.4 Å². The molecule has 1 saturated carbocycles. The molecule has 2 N–H and O–H groups in total. The molecule has 0 bridgehead atoms. The number of aryl methyl sites for hydroxylation is 1. The van der Waals surface area contributed by atoms with E-state index >= 15 is 0 Å². The molecular formula is C22H28BBrO4S. The zero-order valence-electron chi connectivity index (χ0n) is 16.5. The Morgan fingerprint density at radius 3 is 2.76 bits per heavy atom. The van der Waals surface area contributed by atoms with Gasteiger partial charge in [-0.25, -0.2) is 0 Å². The van der Waals surface area contributed by atoms with E-state index in [0.717, 1.165) is 10.9 Å². The van der Waals surface area contributed by atoms with Crippen LogP contribution in [0.1, 0.15) is 43.4 Å². The topological polar surface area (TPSA) is 74.6 Å². The third-order valence-corrected chi connectivity index (χ3v) is 7.22. The molecule has 0 spiro atoms. The normalized spacial score (nSPS) is 24.6. The highest BCUT2D eigenvalue weighted by Crippen LogP contribution is 2.42. The summed E-state index contributed by atoms with van der Waals surface area (Å²) in [7, 11) is 5.91. The molecule has 1 aromatic heterocycles.